The van der Waals surface area contributed by atoms with Gasteiger partial charge in [0.15, 0.2) is 5.78 Å². The maximum Gasteiger partial charge on any atom is 0.163 e. The number of ether oxygens (including phenoxy) is 2. The monoisotopic (exact) mass is 578 g/mol. The van der Waals surface area contributed by atoms with Crippen LogP contribution in [-0.2, 0) is 4.74 Å². The maximum absolute atomic E-state index is 13.3. The molecule has 0 bridgehead atoms. The lowest BCUT2D eigenvalue weighted by Gasteiger charge is -2.34. The smallest absolute Gasteiger partial charge is 0.163 e. The first-order valence-corrected chi connectivity index (χ1v) is 15.7. The summed E-state index contributed by atoms with van der Waals surface area (Å²) in [5, 5.41) is 0. The Labute approximate surface area is 255 Å². The van der Waals surface area contributed by atoms with Crippen LogP contribution in [0.3, 0.4) is 0 Å². The van der Waals surface area contributed by atoms with Gasteiger partial charge in [-0.15, -0.1) is 0 Å². The van der Waals surface area contributed by atoms with E-state index in [1.807, 2.05) is 36.4 Å². The number of rotatable bonds is 12. The van der Waals surface area contributed by atoms with Crippen molar-refractivity contribution >= 4 is 5.78 Å². The Hall–Kier alpha value is -3.71. The third-order valence-corrected chi connectivity index (χ3v) is 8.84. The molecule has 3 heterocycles. The SMILES string of the molecule is O=C(CCC(c1ccco1)N1CCOCC1)c1cccc(OC2CCN(CC(c3ccccc3)c3ccccc3)CC2)c1. The molecule has 2 aliphatic rings. The van der Waals surface area contributed by atoms with Crippen LogP contribution in [-0.4, -0.2) is 67.6 Å². The summed E-state index contributed by atoms with van der Waals surface area (Å²) >= 11 is 0. The van der Waals surface area contributed by atoms with Gasteiger partial charge < -0.3 is 18.8 Å². The first kappa shape index (κ1) is 29.4. The van der Waals surface area contributed by atoms with Crippen molar-refractivity contribution in [1.82, 2.24) is 9.80 Å². The molecule has 4 aromatic rings. The summed E-state index contributed by atoms with van der Waals surface area (Å²) in [6, 6.07) is 33.4. The van der Waals surface area contributed by atoms with Crippen LogP contribution in [0.25, 0.3) is 0 Å². The molecule has 1 atom stereocenters. The normalized spacial score (nSPS) is 17.6. The molecule has 43 heavy (non-hydrogen) atoms. The molecule has 2 saturated heterocycles. The van der Waals surface area contributed by atoms with E-state index in [9.17, 15) is 4.79 Å². The largest absolute Gasteiger partial charge is 0.490 e. The highest BCUT2D eigenvalue weighted by Gasteiger charge is 2.27. The van der Waals surface area contributed by atoms with Gasteiger partial charge in [-0.1, -0.05) is 72.8 Å². The number of furan rings is 1. The van der Waals surface area contributed by atoms with E-state index in [1.54, 1.807) is 6.26 Å². The van der Waals surface area contributed by atoms with Crippen LogP contribution in [0, 0.1) is 0 Å². The quantitative estimate of drug-likeness (QED) is 0.169. The Morgan fingerprint density at radius 1 is 0.814 bits per heavy atom. The molecule has 6 rings (SSSR count). The molecular formula is C37H42N2O4. The number of morpholine rings is 1. The van der Waals surface area contributed by atoms with Crippen LogP contribution >= 0.6 is 0 Å². The van der Waals surface area contributed by atoms with Crippen molar-refractivity contribution in [2.24, 2.45) is 0 Å². The number of hydrogen-bond acceptors (Lipinski definition) is 6. The first-order valence-electron chi connectivity index (χ1n) is 15.7. The lowest BCUT2D eigenvalue weighted by molar-refractivity contribution is 0.00932. The highest BCUT2D eigenvalue weighted by Crippen LogP contribution is 2.30. The minimum Gasteiger partial charge on any atom is -0.490 e. The fourth-order valence-corrected chi connectivity index (χ4v) is 6.46. The Morgan fingerprint density at radius 2 is 1.51 bits per heavy atom. The Bertz CT molecular complexity index is 1360. The Kier molecular flexibility index (Phi) is 10.0. The van der Waals surface area contributed by atoms with Crippen molar-refractivity contribution in [2.75, 3.05) is 45.9 Å². The van der Waals surface area contributed by atoms with E-state index in [1.165, 1.54) is 11.1 Å². The summed E-state index contributed by atoms with van der Waals surface area (Å²) in [7, 11) is 0. The van der Waals surface area contributed by atoms with E-state index in [2.05, 4.69) is 70.5 Å². The van der Waals surface area contributed by atoms with Gasteiger partial charge in [-0.2, -0.15) is 0 Å². The fourth-order valence-electron chi connectivity index (χ4n) is 6.46. The average Bonchev–Trinajstić information content (AvgIpc) is 3.61. The molecule has 6 heteroatoms. The predicted molar refractivity (Wildman–Crippen MR) is 169 cm³/mol. The summed E-state index contributed by atoms with van der Waals surface area (Å²) in [4.78, 5) is 18.2. The molecular weight excluding hydrogens is 536 g/mol. The van der Waals surface area contributed by atoms with Crippen molar-refractivity contribution in [3.63, 3.8) is 0 Å². The molecule has 0 spiro atoms. The van der Waals surface area contributed by atoms with E-state index in [0.29, 0.717) is 37.5 Å². The van der Waals surface area contributed by atoms with Gasteiger partial charge in [0, 0.05) is 50.6 Å². The number of benzene rings is 3. The number of carbonyl (C=O) groups excluding carboxylic acids is 1. The number of piperidine rings is 1. The van der Waals surface area contributed by atoms with Crippen molar-refractivity contribution in [3.8, 4) is 5.75 Å². The number of Topliss-reactive ketones (excluding diaryl/α,β-unsaturated/α-hetero) is 1. The second kappa shape index (κ2) is 14.6. The highest BCUT2D eigenvalue weighted by atomic mass is 16.5. The molecule has 224 valence electrons. The first-order chi connectivity index (χ1) is 21.2. The van der Waals surface area contributed by atoms with Crippen LogP contribution < -0.4 is 4.74 Å². The average molecular weight is 579 g/mol. The van der Waals surface area contributed by atoms with Gasteiger partial charge in [-0.25, -0.2) is 0 Å². The summed E-state index contributed by atoms with van der Waals surface area (Å²) in [6.45, 7) is 6.11. The van der Waals surface area contributed by atoms with E-state index in [0.717, 1.165) is 57.1 Å². The fraction of sp³-hybridized carbons (Fsp3) is 0.378. The van der Waals surface area contributed by atoms with Crippen LogP contribution in [0.15, 0.2) is 108 Å². The Morgan fingerprint density at radius 3 is 2.16 bits per heavy atom. The molecule has 2 aliphatic heterocycles. The summed E-state index contributed by atoms with van der Waals surface area (Å²) in [5.41, 5.74) is 3.42. The van der Waals surface area contributed by atoms with Gasteiger partial charge in [-0.3, -0.25) is 9.69 Å². The summed E-state index contributed by atoms with van der Waals surface area (Å²) in [6.07, 6.45) is 4.97. The number of hydrogen-bond donors (Lipinski definition) is 0. The van der Waals surface area contributed by atoms with Crippen molar-refractivity contribution < 1.29 is 18.7 Å². The second-order valence-electron chi connectivity index (χ2n) is 11.7. The lowest BCUT2D eigenvalue weighted by Crippen LogP contribution is -2.40. The molecule has 0 saturated carbocycles. The number of ketones is 1. The van der Waals surface area contributed by atoms with Gasteiger partial charge in [0.1, 0.15) is 17.6 Å². The van der Waals surface area contributed by atoms with E-state index in [-0.39, 0.29) is 17.9 Å². The zero-order valence-corrected chi connectivity index (χ0v) is 24.9. The molecule has 0 aliphatic carbocycles. The lowest BCUT2D eigenvalue weighted by atomic mass is 9.90. The molecule has 6 nitrogen and oxygen atoms in total. The highest BCUT2D eigenvalue weighted by molar-refractivity contribution is 5.96. The molecule has 0 N–H and O–H groups in total. The molecule has 3 aromatic carbocycles. The van der Waals surface area contributed by atoms with Gasteiger partial charge in [0.25, 0.3) is 0 Å². The zero-order valence-electron chi connectivity index (χ0n) is 24.9. The number of likely N-dealkylation sites (tertiary alicyclic amines) is 1. The molecule has 1 aromatic heterocycles. The van der Waals surface area contributed by atoms with E-state index in [4.69, 9.17) is 13.9 Å². The van der Waals surface area contributed by atoms with Crippen LogP contribution in [0.5, 0.6) is 5.75 Å². The summed E-state index contributed by atoms with van der Waals surface area (Å²) in [5.74, 6) is 2.18. The minimum atomic E-state index is 0.0795. The van der Waals surface area contributed by atoms with Crippen molar-refractivity contribution in [2.45, 2.75) is 43.7 Å². The predicted octanol–water partition coefficient (Wildman–Crippen LogP) is 6.99. The number of nitrogens with zero attached hydrogens (tertiary/aromatic N) is 2. The van der Waals surface area contributed by atoms with Crippen LogP contribution in [0.4, 0.5) is 0 Å². The Balaban J connectivity index is 1.02. The second-order valence-corrected chi connectivity index (χ2v) is 11.7. The standard InChI is InChI=1S/C37H42N2O4/c40-36(17-16-35(37-15-8-24-42-37)39-22-25-41-26-23-39)31-13-7-14-33(27-31)43-32-18-20-38(21-19-32)28-34(29-9-3-1-4-10-29)30-11-5-2-6-12-30/h1-15,24,27,32,34-35H,16-23,25-26,28H2. The van der Waals surface area contributed by atoms with Crippen molar-refractivity contribution in [1.29, 1.82) is 0 Å². The van der Waals surface area contributed by atoms with E-state index < -0.39 is 0 Å². The summed E-state index contributed by atoms with van der Waals surface area (Å²) < 4.78 is 17.7. The van der Waals surface area contributed by atoms with Crippen molar-refractivity contribution in [3.05, 3.63) is 126 Å². The molecule has 0 amide bonds. The minimum absolute atomic E-state index is 0.0795. The van der Waals surface area contributed by atoms with Crippen LogP contribution in [0.1, 0.15) is 64.9 Å². The van der Waals surface area contributed by atoms with Gasteiger partial charge in [0.05, 0.1) is 25.5 Å². The van der Waals surface area contributed by atoms with Gasteiger partial charge >= 0.3 is 0 Å². The van der Waals surface area contributed by atoms with Crippen LogP contribution in [0.2, 0.25) is 0 Å². The molecule has 2 fully saturated rings. The topological polar surface area (TPSA) is 55.2 Å². The van der Waals surface area contributed by atoms with E-state index >= 15 is 0 Å². The third-order valence-electron chi connectivity index (χ3n) is 8.84. The molecule has 1 unspecified atom stereocenters. The van der Waals surface area contributed by atoms with Gasteiger partial charge in [-0.05, 0) is 54.7 Å². The van der Waals surface area contributed by atoms with Gasteiger partial charge in [0.2, 0.25) is 0 Å². The zero-order chi connectivity index (χ0) is 29.3. The molecule has 0 radical (unpaired) electrons. The maximum atomic E-state index is 13.3. The number of carbonyl (C=O) groups is 1. The third kappa shape index (κ3) is 7.82.